The maximum absolute atomic E-state index is 4.31. The van der Waals surface area contributed by atoms with Crippen molar-refractivity contribution < 1.29 is 0 Å². The summed E-state index contributed by atoms with van der Waals surface area (Å²) in [6.45, 7) is 5.45. The molecule has 2 N–H and O–H groups in total. The fourth-order valence-corrected chi connectivity index (χ4v) is 3.37. The van der Waals surface area contributed by atoms with Gasteiger partial charge in [0, 0.05) is 26.7 Å². The van der Waals surface area contributed by atoms with Crippen molar-refractivity contribution in [3.8, 4) is 0 Å². The summed E-state index contributed by atoms with van der Waals surface area (Å²) in [5.41, 5.74) is 2.73. The second-order valence-electron chi connectivity index (χ2n) is 7.24. The third kappa shape index (κ3) is 7.52. The number of halogens is 1. The first-order chi connectivity index (χ1) is 11.8. The second kappa shape index (κ2) is 11.0. The topological polar surface area (TPSA) is 39.7 Å². The molecular weight excluding hydrogens is 423 g/mol. The number of likely N-dealkylation sites (tertiary alicyclic amines) is 1. The van der Waals surface area contributed by atoms with Gasteiger partial charge in [0.15, 0.2) is 5.96 Å². The molecular formula is C20H33IN4. The lowest BCUT2D eigenvalue weighted by Crippen LogP contribution is -2.37. The number of hydrogen-bond donors (Lipinski definition) is 2. The van der Waals surface area contributed by atoms with E-state index in [1.54, 1.807) is 0 Å². The fraction of sp³-hybridized carbons (Fsp3) is 0.650. The normalized spacial score (nSPS) is 18.0. The zero-order valence-electron chi connectivity index (χ0n) is 15.5. The van der Waals surface area contributed by atoms with Crippen molar-refractivity contribution in [2.24, 2.45) is 10.9 Å². The van der Waals surface area contributed by atoms with Crippen molar-refractivity contribution in [3.05, 3.63) is 35.4 Å². The highest BCUT2D eigenvalue weighted by Crippen LogP contribution is 2.33. The predicted molar refractivity (Wildman–Crippen MR) is 117 cm³/mol. The van der Waals surface area contributed by atoms with E-state index in [9.17, 15) is 0 Å². The molecule has 2 fully saturated rings. The van der Waals surface area contributed by atoms with Crippen LogP contribution in [0.3, 0.4) is 0 Å². The lowest BCUT2D eigenvalue weighted by atomic mass is 10.1. The summed E-state index contributed by atoms with van der Waals surface area (Å²) in [6, 6.07) is 9.00. The Morgan fingerprint density at radius 3 is 2.40 bits per heavy atom. The predicted octanol–water partition coefficient (Wildman–Crippen LogP) is 3.76. The van der Waals surface area contributed by atoms with Crippen molar-refractivity contribution in [2.45, 2.75) is 51.6 Å². The first-order valence-corrected chi connectivity index (χ1v) is 9.58. The molecule has 0 radical (unpaired) electrons. The van der Waals surface area contributed by atoms with Crippen LogP contribution in [0.1, 0.15) is 49.7 Å². The number of hydrogen-bond acceptors (Lipinski definition) is 2. The Morgan fingerprint density at radius 2 is 1.76 bits per heavy atom. The largest absolute Gasteiger partial charge is 0.356 e. The highest BCUT2D eigenvalue weighted by atomic mass is 127. The van der Waals surface area contributed by atoms with E-state index in [4.69, 9.17) is 0 Å². The van der Waals surface area contributed by atoms with Gasteiger partial charge in [0.05, 0.1) is 0 Å². The highest BCUT2D eigenvalue weighted by molar-refractivity contribution is 14.0. The number of nitrogens with one attached hydrogen (secondary N) is 2. The van der Waals surface area contributed by atoms with Crippen LogP contribution >= 0.6 is 24.0 Å². The van der Waals surface area contributed by atoms with Crippen molar-refractivity contribution in [1.29, 1.82) is 0 Å². The minimum atomic E-state index is 0. The summed E-state index contributed by atoms with van der Waals surface area (Å²) < 4.78 is 0. The van der Waals surface area contributed by atoms with Gasteiger partial charge in [0.25, 0.3) is 0 Å². The Hall–Kier alpha value is -0.820. The van der Waals surface area contributed by atoms with Crippen LogP contribution < -0.4 is 10.6 Å². The van der Waals surface area contributed by atoms with Crippen LogP contribution in [0.25, 0.3) is 0 Å². The van der Waals surface area contributed by atoms with Gasteiger partial charge in [-0.05, 0) is 55.8 Å². The standard InChI is InChI=1S/C20H32N4.HI/c1-21-20(22-12-4-5-17-6-7-17)23-15-18-8-10-19(11-9-18)16-24-13-2-3-14-24;/h8-11,17H,2-7,12-16H2,1H3,(H2,21,22,23);1H. The SMILES string of the molecule is CN=C(NCCCC1CC1)NCc1ccc(CN2CCCC2)cc1.I. The summed E-state index contributed by atoms with van der Waals surface area (Å²) in [4.78, 5) is 6.85. The molecule has 1 aromatic rings. The Kier molecular flexibility index (Phi) is 9.03. The lowest BCUT2D eigenvalue weighted by Gasteiger charge is -2.15. The molecule has 0 spiro atoms. The van der Waals surface area contributed by atoms with E-state index >= 15 is 0 Å². The smallest absolute Gasteiger partial charge is 0.191 e. The van der Waals surface area contributed by atoms with Crippen molar-refractivity contribution in [2.75, 3.05) is 26.7 Å². The van der Waals surface area contributed by atoms with Crippen molar-refractivity contribution >= 4 is 29.9 Å². The summed E-state index contributed by atoms with van der Waals surface area (Å²) in [7, 11) is 1.84. The van der Waals surface area contributed by atoms with Crippen LogP contribution in [-0.4, -0.2) is 37.5 Å². The molecule has 0 atom stereocenters. The maximum atomic E-state index is 4.31. The van der Waals surface area contributed by atoms with Gasteiger partial charge >= 0.3 is 0 Å². The van der Waals surface area contributed by atoms with Crippen LogP contribution in [-0.2, 0) is 13.1 Å². The molecule has 5 heteroatoms. The Labute approximate surface area is 169 Å². The monoisotopic (exact) mass is 456 g/mol. The van der Waals surface area contributed by atoms with E-state index in [0.29, 0.717) is 0 Å². The van der Waals surface area contributed by atoms with Gasteiger partial charge in [-0.2, -0.15) is 0 Å². The maximum Gasteiger partial charge on any atom is 0.191 e. The van der Waals surface area contributed by atoms with Crippen LogP contribution in [0, 0.1) is 5.92 Å². The molecule has 0 unspecified atom stereocenters. The van der Waals surface area contributed by atoms with E-state index in [0.717, 1.165) is 31.5 Å². The molecule has 1 aliphatic heterocycles. The van der Waals surface area contributed by atoms with E-state index in [1.807, 2.05) is 7.05 Å². The van der Waals surface area contributed by atoms with Crippen LogP contribution in [0.5, 0.6) is 0 Å². The number of aliphatic imine (C=N–C) groups is 1. The van der Waals surface area contributed by atoms with Gasteiger partial charge in [-0.1, -0.05) is 37.1 Å². The van der Waals surface area contributed by atoms with Gasteiger partial charge < -0.3 is 10.6 Å². The molecule has 1 heterocycles. The number of benzene rings is 1. The third-order valence-corrected chi connectivity index (χ3v) is 5.09. The first-order valence-electron chi connectivity index (χ1n) is 9.58. The van der Waals surface area contributed by atoms with E-state index in [2.05, 4.69) is 44.8 Å². The zero-order valence-corrected chi connectivity index (χ0v) is 17.8. The van der Waals surface area contributed by atoms with Gasteiger partial charge in [0.1, 0.15) is 0 Å². The molecule has 1 saturated heterocycles. The minimum Gasteiger partial charge on any atom is -0.356 e. The van der Waals surface area contributed by atoms with Crippen molar-refractivity contribution in [3.63, 3.8) is 0 Å². The third-order valence-electron chi connectivity index (χ3n) is 5.09. The fourth-order valence-electron chi connectivity index (χ4n) is 3.37. The van der Waals surface area contributed by atoms with E-state index in [1.165, 1.54) is 62.7 Å². The molecule has 4 nitrogen and oxygen atoms in total. The molecule has 3 rings (SSSR count). The minimum absolute atomic E-state index is 0. The summed E-state index contributed by atoms with van der Waals surface area (Å²) in [6.07, 6.45) is 8.21. The molecule has 25 heavy (non-hydrogen) atoms. The van der Waals surface area contributed by atoms with Crippen LogP contribution in [0.4, 0.5) is 0 Å². The van der Waals surface area contributed by atoms with Gasteiger partial charge in [-0.3, -0.25) is 9.89 Å². The van der Waals surface area contributed by atoms with Gasteiger partial charge in [0.2, 0.25) is 0 Å². The average Bonchev–Trinajstić information content (AvgIpc) is 3.30. The molecule has 1 aliphatic carbocycles. The van der Waals surface area contributed by atoms with E-state index in [-0.39, 0.29) is 24.0 Å². The molecule has 0 aromatic heterocycles. The number of rotatable bonds is 8. The summed E-state index contributed by atoms with van der Waals surface area (Å²) in [5.74, 6) is 1.92. The summed E-state index contributed by atoms with van der Waals surface area (Å²) in [5, 5.41) is 6.83. The first kappa shape index (κ1) is 20.5. The molecule has 1 aromatic carbocycles. The highest BCUT2D eigenvalue weighted by Gasteiger charge is 2.19. The summed E-state index contributed by atoms with van der Waals surface area (Å²) >= 11 is 0. The zero-order chi connectivity index (χ0) is 16.6. The number of guanidine groups is 1. The van der Waals surface area contributed by atoms with Gasteiger partial charge in [-0.15, -0.1) is 24.0 Å². The average molecular weight is 456 g/mol. The van der Waals surface area contributed by atoms with Gasteiger partial charge in [-0.25, -0.2) is 0 Å². The molecule has 0 bridgehead atoms. The molecule has 0 amide bonds. The van der Waals surface area contributed by atoms with E-state index < -0.39 is 0 Å². The van der Waals surface area contributed by atoms with Crippen LogP contribution in [0.2, 0.25) is 0 Å². The van der Waals surface area contributed by atoms with Crippen LogP contribution in [0.15, 0.2) is 29.3 Å². The molecule has 140 valence electrons. The quantitative estimate of drug-likeness (QED) is 0.271. The molecule has 2 aliphatic rings. The second-order valence-corrected chi connectivity index (χ2v) is 7.24. The Morgan fingerprint density at radius 1 is 1.08 bits per heavy atom. The Balaban J connectivity index is 0.00000225. The van der Waals surface area contributed by atoms with Crippen molar-refractivity contribution in [1.82, 2.24) is 15.5 Å². The lowest BCUT2D eigenvalue weighted by molar-refractivity contribution is 0.331. The Bertz CT molecular complexity index is 519. The number of nitrogens with zero attached hydrogens (tertiary/aromatic N) is 2. The molecule has 1 saturated carbocycles.